The first-order valence-electron chi connectivity index (χ1n) is 5.67. The third kappa shape index (κ3) is 3.79. The zero-order valence-corrected chi connectivity index (χ0v) is 12.0. The lowest BCUT2D eigenvalue weighted by molar-refractivity contribution is -0.139. The van der Waals surface area contributed by atoms with Gasteiger partial charge in [-0.05, 0) is 30.4 Å². The minimum Gasteiger partial charge on any atom is -0.480 e. The summed E-state index contributed by atoms with van der Waals surface area (Å²) in [5.74, 6) is -1.14. The van der Waals surface area contributed by atoms with Crippen LogP contribution in [0, 0.1) is 6.92 Å². The lowest BCUT2D eigenvalue weighted by Gasteiger charge is -2.13. The molecule has 1 atom stereocenters. The third-order valence-corrected chi connectivity index (χ3v) is 5.66. The van der Waals surface area contributed by atoms with E-state index in [9.17, 15) is 13.2 Å². The molecular weight excluding hydrogens is 274 g/mol. The highest BCUT2D eigenvalue weighted by Gasteiger charge is 2.26. The predicted octanol–water partition coefficient (Wildman–Crippen LogP) is 1.98. The number of aliphatic carboxylic acids is 1. The number of sulfonamides is 1. The maximum absolute atomic E-state index is 12.0. The molecule has 0 fully saturated rings. The summed E-state index contributed by atoms with van der Waals surface area (Å²) >= 11 is 1.09. The first-order chi connectivity index (χ1) is 8.38. The number of hydrogen-bond acceptors (Lipinski definition) is 4. The van der Waals surface area contributed by atoms with Gasteiger partial charge in [0.15, 0.2) is 0 Å². The Hall–Kier alpha value is -0.920. The van der Waals surface area contributed by atoms with E-state index < -0.39 is 22.0 Å². The van der Waals surface area contributed by atoms with Crippen LogP contribution in [-0.2, 0) is 14.8 Å². The minimum absolute atomic E-state index is 0.185. The summed E-state index contributed by atoms with van der Waals surface area (Å²) in [7, 11) is -3.73. The van der Waals surface area contributed by atoms with E-state index in [0.717, 1.165) is 17.8 Å². The second kappa shape index (κ2) is 6.31. The third-order valence-electron chi connectivity index (χ3n) is 2.50. The Labute approximate surface area is 111 Å². The number of thiophene rings is 1. The monoisotopic (exact) mass is 291 g/mol. The number of aryl methyl sites for hydroxylation is 1. The van der Waals surface area contributed by atoms with Gasteiger partial charge in [-0.2, -0.15) is 4.72 Å². The summed E-state index contributed by atoms with van der Waals surface area (Å²) in [5, 5.41) is 10.7. The summed E-state index contributed by atoms with van der Waals surface area (Å²) in [5.41, 5.74) is 0.632. The Morgan fingerprint density at radius 1 is 1.56 bits per heavy atom. The van der Waals surface area contributed by atoms with Gasteiger partial charge in [-0.3, -0.25) is 4.79 Å². The molecule has 7 heteroatoms. The van der Waals surface area contributed by atoms with Crippen LogP contribution in [0.25, 0.3) is 0 Å². The highest BCUT2D eigenvalue weighted by molar-refractivity contribution is 7.91. The van der Waals surface area contributed by atoms with Crippen LogP contribution in [0.5, 0.6) is 0 Å². The van der Waals surface area contributed by atoms with Crippen molar-refractivity contribution in [2.45, 2.75) is 43.4 Å². The molecule has 1 heterocycles. The molecule has 0 saturated heterocycles. The van der Waals surface area contributed by atoms with Gasteiger partial charge in [0.1, 0.15) is 10.3 Å². The summed E-state index contributed by atoms with van der Waals surface area (Å²) < 4.78 is 26.5. The number of rotatable bonds is 7. The van der Waals surface area contributed by atoms with E-state index in [1.165, 1.54) is 0 Å². The van der Waals surface area contributed by atoms with Crippen molar-refractivity contribution < 1.29 is 18.3 Å². The molecule has 1 aromatic heterocycles. The van der Waals surface area contributed by atoms with Crippen molar-refractivity contribution in [3.63, 3.8) is 0 Å². The molecule has 0 bridgehead atoms. The van der Waals surface area contributed by atoms with E-state index in [1.54, 1.807) is 18.4 Å². The SMILES string of the molecule is CCCC[C@H](NS(=O)(=O)c1sccc1C)C(=O)O. The Kier molecular flexibility index (Phi) is 5.30. The van der Waals surface area contributed by atoms with E-state index in [0.29, 0.717) is 18.4 Å². The van der Waals surface area contributed by atoms with E-state index in [-0.39, 0.29) is 4.21 Å². The van der Waals surface area contributed by atoms with Gasteiger partial charge in [-0.15, -0.1) is 11.3 Å². The average Bonchev–Trinajstić information content (AvgIpc) is 2.71. The van der Waals surface area contributed by atoms with E-state index in [4.69, 9.17) is 5.11 Å². The van der Waals surface area contributed by atoms with E-state index in [1.807, 2.05) is 6.92 Å². The van der Waals surface area contributed by atoms with Crippen molar-refractivity contribution in [3.8, 4) is 0 Å². The van der Waals surface area contributed by atoms with Gasteiger partial charge in [0, 0.05) is 0 Å². The zero-order chi connectivity index (χ0) is 13.8. The van der Waals surface area contributed by atoms with Crippen LogP contribution >= 0.6 is 11.3 Å². The largest absolute Gasteiger partial charge is 0.480 e. The fraction of sp³-hybridized carbons (Fsp3) is 0.545. The van der Waals surface area contributed by atoms with Gasteiger partial charge < -0.3 is 5.11 Å². The molecule has 0 aliphatic rings. The lowest BCUT2D eigenvalue weighted by atomic mass is 10.1. The smallest absolute Gasteiger partial charge is 0.321 e. The molecule has 0 aromatic carbocycles. The molecule has 0 radical (unpaired) electrons. The summed E-state index contributed by atoms with van der Waals surface area (Å²) in [6.45, 7) is 3.61. The summed E-state index contributed by atoms with van der Waals surface area (Å²) in [6, 6.07) is 0.637. The van der Waals surface area contributed by atoms with E-state index >= 15 is 0 Å². The molecule has 18 heavy (non-hydrogen) atoms. The maximum Gasteiger partial charge on any atom is 0.321 e. The number of nitrogens with one attached hydrogen (secondary N) is 1. The van der Waals surface area contributed by atoms with Crippen LogP contribution in [0.2, 0.25) is 0 Å². The molecule has 0 spiro atoms. The predicted molar refractivity (Wildman–Crippen MR) is 70.3 cm³/mol. The lowest BCUT2D eigenvalue weighted by Crippen LogP contribution is -2.40. The average molecular weight is 291 g/mol. The van der Waals surface area contributed by atoms with Crippen molar-refractivity contribution in [2.75, 3.05) is 0 Å². The molecular formula is C11H17NO4S2. The number of unbranched alkanes of at least 4 members (excludes halogenated alkanes) is 1. The fourth-order valence-electron chi connectivity index (χ4n) is 1.52. The highest BCUT2D eigenvalue weighted by Crippen LogP contribution is 2.22. The standard InChI is InChI=1S/C11H17NO4S2/c1-3-4-5-9(10(13)14)12-18(15,16)11-8(2)6-7-17-11/h6-7,9,12H,3-5H2,1-2H3,(H,13,14)/t9-/m0/s1. The molecule has 0 amide bonds. The second-order valence-electron chi connectivity index (χ2n) is 4.05. The van der Waals surface area contributed by atoms with E-state index in [2.05, 4.69) is 4.72 Å². The number of carboxylic acids is 1. The normalized spacial score (nSPS) is 13.4. The zero-order valence-electron chi connectivity index (χ0n) is 10.3. The van der Waals surface area contributed by atoms with Gasteiger partial charge in [-0.1, -0.05) is 19.8 Å². The maximum atomic E-state index is 12.0. The fourth-order valence-corrected chi connectivity index (χ4v) is 4.18. The number of carbonyl (C=O) groups is 1. The number of hydrogen-bond donors (Lipinski definition) is 2. The van der Waals surface area contributed by atoms with Gasteiger partial charge >= 0.3 is 5.97 Å². The molecule has 0 aliphatic carbocycles. The first-order valence-corrected chi connectivity index (χ1v) is 8.04. The van der Waals surface area contributed by atoms with Crippen LogP contribution < -0.4 is 4.72 Å². The first kappa shape index (κ1) is 15.1. The topological polar surface area (TPSA) is 83.5 Å². The van der Waals surface area contributed by atoms with Crippen LogP contribution in [0.3, 0.4) is 0 Å². The Morgan fingerprint density at radius 3 is 2.67 bits per heavy atom. The number of carboxylic acid groups (broad SMARTS) is 1. The van der Waals surface area contributed by atoms with Crippen LogP contribution in [0.15, 0.2) is 15.7 Å². The molecule has 0 unspecified atom stereocenters. The Morgan fingerprint density at radius 2 is 2.22 bits per heavy atom. The molecule has 102 valence electrons. The quantitative estimate of drug-likeness (QED) is 0.804. The highest BCUT2D eigenvalue weighted by atomic mass is 32.2. The van der Waals surface area contributed by atoms with Crippen molar-refractivity contribution in [1.82, 2.24) is 4.72 Å². The van der Waals surface area contributed by atoms with Crippen molar-refractivity contribution in [1.29, 1.82) is 0 Å². The second-order valence-corrected chi connectivity index (χ2v) is 6.87. The molecule has 1 rings (SSSR count). The van der Waals surface area contributed by atoms with Crippen molar-refractivity contribution >= 4 is 27.3 Å². The molecule has 0 aliphatic heterocycles. The Bertz CT molecular complexity index is 507. The van der Waals surface area contributed by atoms with Crippen LogP contribution in [0.4, 0.5) is 0 Å². The van der Waals surface area contributed by atoms with Crippen molar-refractivity contribution in [2.24, 2.45) is 0 Å². The molecule has 1 aromatic rings. The molecule has 5 nitrogen and oxygen atoms in total. The minimum atomic E-state index is -3.73. The molecule has 0 saturated carbocycles. The van der Waals surface area contributed by atoms with Gasteiger partial charge in [0.25, 0.3) is 10.0 Å². The molecule has 2 N–H and O–H groups in total. The summed E-state index contributed by atoms with van der Waals surface area (Å²) in [6.07, 6.45) is 1.79. The van der Waals surface area contributed by atoms with Gasteiger partial charge in [-0.25, -0.2) is 8.42 Å². The summed E-state index contributed by atoms with van der Waals surface area (Å²) in [4.78, 5) is 11.0. The Balaban J connectivity index is 2.86. The van der Waals surface area contributed by atoms with Crippen molar-refractivity contribution in [3.05, 3.63) is 17.0 Å². The van der Waals surface area contributed by atoms with Crippen LogP contribution in [0.1, 0.15) is 31.7 Å². The van der Waals surface area contributed by atoms with Gasteiger partial charge in [0.05, 0.1) is 0 Å². The van der Waals surface area contributed by atoms with Gasteiger partial charge in [0.2, 0.25) is 0 Å². The van der Waals surface area contributed by atoms with Crippen LogP contribution in [-0.4, -0.2) is 25.5 Å².